The summed E-state index contributed by atoms with van der Waals surface area (Å²) in [5.41, 5.74) is -0.689. The highest BCUT2D eigenvalue weighted by atomic mass is 35.5. The second-order valence-electron chi connectivity index (χ2n) is 9.15. The molecule has 1 atom stereocenters. The Morgan fingerprint density at radius 1 is 1.27 bits per heavy atom. The van der Waals surface area contributed by atoms with Crippen molar-refractivity contribution in [3.05, 3.63) is 45.5 Å². The number of anilines is 2. The van der Waals surface area contributed by atoms with E-state index in [0.717, 1.165) is 10.9 Å². The van der Waals surface area contributed by atoms with Gasteiger partial charge in [0.2, 0.25) is 5.91 Å². The average Bonchev–Trinajstić information content (AvgIpc) is 3.16. The van der Waals surface area contributed by atoms with Gasteiger partial charge in [0.05, 0.1) is 16.3 Å². The van der Waals surface area contributed by atoms with Crippen LogP contribution >= 0.6 is 22.9 Å². The van der Waals surface area contributed by atoms with E-state index in [1.54, 1.807) is 17.9 Å². The number of carbonyl (C=O) groups excluding carboxylic acids is 3. The van der Waals surface area contributed by atoms with E-state index in [9.17, 15) is 18.8 Å². The van der Waals surface area contributed by atoms with E-state index >= 15 is 0 Å². The molecule has 0 saturated carbocycles. The number of urea groups is 1. The quantitative estimate of drug-likeness (QED) is 0.544. The van der Waals surface area contributed by atoms with E-state index in [1.165, 1.54) is 23.5 Å². The maximum atomic E-state index is 13.6. The zero-order valence-electron chi connectivity index (χ0n) is 19.3. The van der Waals surface area contributed by atoms with Crippen LogP contribution < -0.4 is 16.0 Å². The van der Waals surface area contributed by atoms with Crippen molar-refractivity contribution in [1.29, 1.82) is 0 Å². The first-order chi connectivity index (χ1) is 15.4. The van der Waals surface area contributed by atoms with Gasteiger partial charge in [0.25, 0.3) is 5.91 Å². The Hall–Kier alpha value is -2.65. The van der Waals surface area contributed by atoms with E-state index in [1.807, 2.05) is 27.7 Å². The summed E-state index contributed by atoms with van der Waals surface area (Å²) >= 11 is 7.31. The second-order valence-corrected chi connectivity index (χ2v) is 10.6. The maximum absolute atomic E-state index is 13.6. The zero-order chi connectivity index (χ0) is 24.6. The number of nitrogens with zero attached hydrogens (tertiary/aromatic N) is 1. The third kappa shape index (κ3) is 5.14. The summed E-state index contributed by atoms with van der Waals surface area (Å²) < 4.78 is 13.3. The summed E-state index contributed by atoms with van der Waals surface area (Å²) in [4.78, 5) is 41.4. The van der Waals surface area contributed by atoms with Crippen LogP contribution in [0.4, 0.5) is 19.9 Å². The molecule has 0 radical (unpaired) electrons. The van der Waals surface area contributed by atoms with Crippen molar-refractivity contribution in [3.8, 4) is 0 Å². The van der Waals surface area contributed by atoms with Crippen molar-refractivity contribution < 1.29 is 18.8 Å². The van der Waals surface area contributed by atoms with E-state index in [-0.39, 0.29) is 27.9 Å². The predicted molar refractivity (Wildman–Crippen MR) is 130 cm³/mol. The molecular weight excluding hydrogens is 467 g/mol. The van der Waals surface area contributed by atoms with Crippen molar-refractivity contribution in [3.63, 3.8) is 0 Å². The van der Waals surface area contributed by atoms with E-state index in [2.05, 4.69) is 16.0 Å². The number of thiophene rings is 1. The van der Waals surface area contributed by atoms with Gasteiger partial charge in [-0.05, 0) is 43.0 Å². The van der Waals surface area contributed by atoms with Gasteiger partial charge in [-0.2, -0.15) is 0 Å². The molecule has 2 heterocycles. The molecule has 3 N–H and O–H groups in total. The molecule has 4 amide bonds. The van der Waals surface area contributed by atoms with Gasteiger partial charge in [-0.1, -0.05) is 39.3 Å². The molecule has 1 aromatic heterocycles. The molecule has 7 nitrogen and oxygen atoms in total. The van der Waals surface area contributed by atoms with Crippen molar-refractivity contribution >= 4 is 51.5 Å². The number of nitrogens with one attached hydrogen (secondary N) is 3. The van der Waals surface area contributed by atoms with Gasteiger partial charge in [0.1, 0.15) is 16.4 Å². The molecule has 1 aliphatic heterocycles. The molecule has 33 heavy (non-hydrogen) atoms. The first-order valence-electron chi connectivity index (χ1n) is 10.6. The Labute approximate surface area is 201 Å². The Kier molecular flexibility index (Phi) is 7.04. The minimum absolute atomic E-state index is 0.0565. The van der Waals surface area contributed by atoms with E-state index in [4.69, 9.17) is 11.6 Å². The van der Waals surface area contributed by atoms with Gasteiger partial charge in [0.15, 0.2) is 0 Å². The lowest BCUT2D eigenvalue weighted by molar-refractivity contribution is -0.134. The maximum Gasteiger partial charge on any atom is 0.324 e. The number of benzene rings is 1. The topological polar surface area (TPSA) is 90.5 Å². The standard InChI is InChI=1S/C23H28ClFN4O3S/c1-6-23(5)20(31)26-9-10-29(23)19(30)14-12-17(22(2,3)4)33-18(14)28-21(32)27-16-8-7-13(25)11-15(16)24/h7-8,11-12H,6,9-10H2,1-5H3,(H,26,31)(H2,27,28,32). The lowest BCUT2D eigenvalue weighted by Crippen LogP contribution is -2.64. The molecule has 0 aliphatic carbocycles. The Morgan fingerprint density at radius 3 is 2.58 bits per heavy atom. The monoisotopic (exact) mass is 494 g/mol. The van der Waals surface area contributed by atoms with Crippen molar-refractivity contribution in [2.75, 3.05) is 23.7 Å². The van der Waals surface area contributed by atoms with Gasteiger partial charge >= 0.3 is 6.03 Å². The Bertz CT molecular complexity index is 1100. The molecule has 1 saturated heterocycles. The van der Waals surface area contributed by atoms with Crippen LogP contribution in [-0.2, 0) is 10.2 Å². The molecule has 1 aliphatic rings. The summed E-state index contributed by atoms with van der Waals surface area (Å²) in [6.45, 7) is 10.4. The summed E-state index contributed by atoms with van der Waals surface area (Å²) in [6, 6.07) is 4.80. The molecule has 0 spiro atoms. The minimum atomic E-state index is -0.986. The van der Waals surface area contributed by atoms with Gasteiger partial charge in [0, 0.05) is 18.0 Å². The number of piperazine rings is 1. The highest BCUT2D eigenvalue weighted by molar-refractivity contribution is 7.16. The number of rotatable bonds is 4. The van der Waals surface area contributed by atoms with Crippen LogP contribution in [0.25, 0.3) is 0 Å². The molecule has 3 rings (SSSR count). The smallest absolute Gasteiger partial charge is 0.324 e. The van der Waals surface area contributed by atoms with Crippen molar-refractivity contribution in [1.82, 2.24) is 10.2 Å². The Balaban J connectivity index is 1.93. The van der Waals surface area contributed by atoms with Gasteiger partial charge in [-0.3, -0.25) is 14.9 Å². The number of amides is 4. The van der Waals surface area contributed by atoms with Crippen LogP contribution in [0.15, 0.2) is 24.3 Å². The number of hydrogen-bond acceptors (Lipinski definition) is 4. The first-order valence-corrected chi connectivity index (χ1v) is 11.8. The summed E-state index contributed by atoms with van der Waals surface area (Å²) in [5, 5.41) is 8.57. The highest BCUT2D eigenvalue weighted by Gasteiger charge is 2.44. The van der Waals surface area contributed by atoms with Crippen LogP contribution in [-0.4, -0.2) is 41.4 Å². The predicted octanol–water partition coefficient (Wildman–Crippen LogP) is 5.22. The number of hydrogen-bond donors (Lipinski definition) is 3. The minimum Gasteiger partial charge on any atom is -0.352 e. The van der Waals surface area contributed by atoms with Crippen molar-refractivity contribution in [2.24, 2.45) is 0 Å². The van der Waals surface area contributed by atoms with Crippen LogP contribution in [0, 0.1) is 5.82 Å². The fraction of sp³-hybridized carbons (Fsp3) is 0.435. The summed E-state index contributed by atoms with van der Waals surface area (Å²) in [7, 11) is 0. The lowest BCUT2D eigenvalue weighted by Gasteiger charge is -2.43. The fourth-order valence-electron chi connectivity index (χ4n) is 3.52. The van der Waals surface area contributed by atoms with Crippen LogP contribution in [0.1, 0.15) is 56.3 Å². The van der Waals surface area contributed by atoms with Gasteiger partial charge < -0.3 is 15.5 Å². The molecule has 1 fully saturated rings. The third-order valence-corrected chi connectivity index (χ3v) is 7.54. The number of carbonyl (C=O) groups is 3. The molecule has 2 aromatic rings. The summed E-state index contributed by atoms with van der Waals surface area (Å²) in [6.07, 6.45) is 0.452. The zero-order valence-corrected chi connectivity index (χ0v) is 20.8. The van der Waals surface area contributed by atoms with E-state index in [0.29, 0.717) is 30.1 Å². The summed E-state index contributed by atoms with van der Waals surface area (Å²) in [5.74, 6) is -1.04. The molecule has 0 bridgehead atoms. The van der Waals surface area contributed by atoms with Crippen LogP contribution in [0.5, 0.6) is 0 Å². The highest BCUT2D eigenvalue weighted by Crippen LogP contribution is 2.38. The molecule has 1 aromatic carbocycles. The Morgan fingerprint density at radius 2 is 1.97 bits per heavy atom. The first kappa shape index (κ1) is 25.0. The molecule has 10 heteroatoms. The third-order valence-electron chi connectivity index (χ3n) is 5.75. The largest absolute Gasteiger partial charge is 0.352 e. The average molecular weight is 495 g/mol. The molecule has 1 unspecified atom stereocenters. The SMILES string of the molecule is CCC1(C)C(=O)NCCN1C(=O)c1cc(C(C)(C)C)sc1NC(=O)Nc1ccc(F)cc1Cl. The number of halogens is 2. The lowest BCUT2D eigenvalue weighted by atomic mass is 9.91. The van der Waals surface area contributed by atoms with Gasteiger partial charge in [-0.25, -0.2) is 9.18 Å². The van der Waals surface area contributed by atoms with E-state index < -0.39 is 17.4 Å². The second kappa shape index (κ2) is 9.30. The van der Waals surface area contributed by atoms with Crippen LogP contribution in [0.3, 0.4) is 0 Å². The van der Waals surface area contributed by atoms with Crippen molar-refractivity contribution in [2.45, 2.75) is 52.0 Å². The molecule has 178 valence electrons. The molecular formula is C23H28ClFN4O3S. The fourth-order valence-corrected chi connectivity index (χ4v) is 4.84. The van der Waals surface area contributed by atoms with Crippen LogP contribution in [0.2, 0.25) is 5.02 Å². The normalized spacial score (nSPS) is 18.6. The van der Waals surface area contributed by atoms with Gasteiger partial charge in [-0.15, -0.1) is 11.3 Å².